The fourth-order valence-electron chi connectivity index (χ4n) is 3.01. The Balaban J connectivity index is 1.87. The van der Waals surface area contributed by atoms with Crippen LogP contribution in [0.15, 0.2) is 18.3 Å². The highest BCUT2D eigenvalue weighted by atomic mass is 16.6. The molecule has 0 saturated carbocycles. The molecule has 2 heterocycles. The van der Waals surface area contributed by atoms with E-state index in [-0.39, 0.29) is 12.1 Å². The molecule has 0 spiro atoms. The topological polar surface area (TPSA) is 86.8 Å². The van der Waals surface area contributed by atoms with Gasteiger partial charge in [0.2, 0.25) is 0 Å². The molecule has 0 aromatic carbocycles. The van der Waals surface area contributed by atoms with Crippen molar-refractivity contribution in [1.29, 1.82) is 0 Å². The lowest BCUT2D eigenvalue weighted by Gasteiger charge is -2.33. The molecule has 8 heteroatoms. The first-order chi connectivity index (χ1) is 12.7. The van der Waals surface area contributed by atoms with Gasteiger partial charge in [-0.25, -0.2) is 14.6 Å². The Hall–Kier alpha value is -2.51. The van der Waals surface area contributed by atoms with Crippen LogP contribution in [0.25, 0.3) is 0 Å². The van der Waals surface area contributed by atoms with Crippen molar-refractivity contribution in [3.05, 3.63) is 23.9 Å². The number of hydrogen-bond donors (Lipinski definition) is 2. The molecule has 1 fully saturated rings. The van der Waals surface area contributed by atoms with Crippen LogP contribution in [-0.2, 0) is 11.3 Å². The summed E-state index contributed by atoms with van der Waals surface area (Å²) >= 11 is 0. The molecule has 1 atom stereocenters. The minimum Gasteiger partial charge on any atom is -0.444 e. The SMILES string of the molecule is CN(C)c1ncccc1CNC(=O)N1CCC[C@H](NC(=O)OC(C)(C)C)C1. The zero-order valence-corrected chi connectivity index (χ0v) is 16.9. The predicted octanol–water partition coefficient (Wildman–Crippen LogP) is 2.35. The van der Waals surface area contributed by atoms with Gasteiger partial charge in [0.05, 0.1) is 0 Å². The first kappa shape index (κ1) is 20.8. The number of rotatable bonds is 4. The molecule has 1 aliphatic heterocycles. The summed E-state index contributed by atoms with van der Waals surface area (Å²) in [7, 11) is 3.84. The molecule has 0 bridgehead atoms. The lowest BCUT2D eigenvalue weighted by molar-refractivity contribution is 0.0479. The van der Waals surface area contributed by atoms with Gasteiger partial charge in [-0.3, -0.25) is 0 Å². The lowest BCUT2D eigenvalue weighted by Crippen LogP contribution is -2.52. The molecule has 1 saturated heterocycles. The number of pyridine rings is 1. The first-order valence-corrected chi connectivity index (χ1v) is 9.29. The molecule has 27 heavy (non-hydrogen) atoms. The summed E-state index contributed by atoms with van der Waals surface area (Å²) in [5.74, 6) is 0.834. The van der Waals surface area contributed by atoms with E-state index in [1.807, 2.05) is 51.9 Å². The van der Waals surface area contributed by atoms with Gasteiger partial charge in [0.1, 0.15) is 11.4 Å². The number of hydrogen-bond acceptors (Lipinski definition) is 5. The van der Waals surface area contributed by atoms with Gasteiger partial charge in [-0.2, -0.15) is 0 Å². The van der Waals surface area contributed by atoms with Crippen molar-refractivity contribution >= 4 is 17.9 Å². The molecule has 8 nitrogen and oxygen atoms in total. The van der Waals surface area contributed by atoms with Gasteiger partial charge < -0.3 is 25.2 Å². The fraction of sp³-hybridized carbons (Fsp3) is 0.632. The standard InChI is InChI=1S/C19H31N5O3/c1-19(2,3)27-18(26)22-15-9-7-11-24(13-15)17(25)21-12-14-8-6-10-20-16(14)23(4)5/h6,8,10,15H,7,9,11-13H2,1-5H3,(H,21,25)(H,22,26)/t15-/m0/s1. The van der Waals surface area contributed by atoms with E-state index in [9.17, 15) is 9.59 Å². The van der Waals surface area contributed by atoms with Crippen LogP contribution in [0, 0.1) is 0 Å². The molecule has 2 N–H and O–H groups in total. The number of aromatic nitrogens is 1. The predicted molar refractivity (Wildman–Crippen MR) is 105 cm³/mol. The van der Waals surface area contributed by atoms with Crippen LogP contribution in [0.5, 0.6) is 0 Å². The third-order valence-electron chi connectivity index (χ3n) is 4.15. The number of likely N-dealkylation sites (tertiary alicyclic amines) is 1. The number of ether oxygens (including phenoxy) is 1. The molecule has 0 radical (unpaired) electrons. The summed E-state index contributed by atoms with van der Waals surface area (Å²) in [6, 6.07) is 3.57. The van der Waals surface area contributed by atoms with Gasteiger partial charge in [-0.05, 0) is 39.7 Å². The highest BCUT2D eigenvalue weighted by molar-refractivity contribution is 5.75. The van der Waals surface area contributed by atoms with Crippen molar-refractivity contribution < 1.29 is 14.3 Å². The average molecular weight is 377 g/mol. The Morgan fingerprint density at radius 3 is 2.78 bits per heavy atom. The third-order valence-corrected chi connectivity index (χ3v) is 4.15. The van der Waals surface area contributed by atoms with Gasteiger partial charge >= 0.3 is 12.1 Å². The summed E-state index contributed by atoms with van der Waals surface area (Å²) in [6.45, 7) is 7.03. The number of piperidine rings is 1. The van der Waals surface area contributed by atoms with E-state index >= 15 is 0 Å². The number of nitrogens with one attached hydrogen (secondary N) is 2. The molecule has 1 aliphatic rings. The Kier molecular flexibility index (Phi) is 6.87. The summed E-state index contributed by atoms with van der Waals surface area (Å²) in [5, 5.41) is 5.81. The van der Waals surface area contributed by atoms with E-state index in [1.165, 1.54) is 0 Å². The van der Waals surface area contributed by atoms with E-state index in [0.717, 1.165) is 24.2 Å². The van der Waals surface area contributed by atoms with E-state index in [1.54, 1.807) is 11.1 Å². The molecule has 1 aromatic rings. The third kappa shape index (κ3) is 6.62. The zero-order valence-electron chi connectivity index (χ0n) is 16.9. The summed E-state index contributed by atoms with van der Waals surface area (Å²) in [4.78, 5) is 32.5. The van der Waals surface area contributed by atoms with Crippen molar-refractivity contribution in [3.8, 4) is 0 Å². The molecular formula is C19H31N5O3. The Morgan fingerprint density at radius 2 is 2.11 bits per heavy atom. The Bertz CT molecular complexity index is 657. The van der Waals surface area contributed by atoms with Crippen LogP contribution < -0.4 is 15.5 Å². The largest absolute Gasteiger partial charge is 0.444 e. The van der Waals surface area contributed by atoms with Crippen molar-refractivity contribution in [2.24, 2.45) is 0 Å². The minimum absolute atomic E-state index is 0.102. The second-order valence-corrected chi connectivity index (χ2v) is 7.97. The van der Waals surface area contributed by atoms with Crippen molar-refractivity contribution in [2.75, 3.05) is 32.1 Å². The van der Waals surface area contributed by atoms with Gasteiger partial charge in [0.15, 0.2) is 0 Å². The quantitative estimate of drug-likeness (QED) is 0.841. The molecule has 0 unspecified atom stereocenters. The van der Waals surface area contributed by atoms with E-state index in [0.29, 0.717) is 19.6 Å². The summed E-state index contributed by atoms with van der Waals surface area (Å²) in [6.07, 6.45) is 2.96. The molecule has 0 aliphatic carbocycles. The lowest BCUT2D eigenvalue weighted by atomic mass is 10.1. The number of urea groups is 1. The summed E-state index contributed by atoms with van der Waals surface area (Å²) < 4.78 is 5.30. The maximum atomic E-state index is 12.5. The van der Waals surface area contributed by atoms with Crippen molar-refractivity contribution in [2.45, 2.75) is 51.8 Å². The van der Waals surface area contributed by atoms with Crippen LogP contribution >= 0.6 is 0 Å². The van der Waals surface area contributed by atoms with Gasteiger partial charge in [0.25, 0.3) is 0 Å². The smallest absolute Gasteiger partial charge is 0.407 e. The number of alkyl carbamates (subject to hydrolysis) is 1. The van der Waals surface area contributed by atoms with Crippen LogP contribution in [-0.4, -0.2) is 60.8 Å². The number of anilines is 1. The second kappa shape index (κ2) is 8.92. The highest BCUT2D eigenvalue weighted by Gasteiger charge is 2.26. The second-order valence-electron chi connectivity index (χ2n) is 7.97. The molecule has 1 aromatic heterocycles. The number of carbonyl (C=O) groups is 2. The zero-order chi connectivity index (χ0) is 20.0. The molecule has 2 rings (SSSR count). The maximum absolute atomic E-state index is 12.5. The van der Waals surface area contributed by atoms with Gasteiger partial charge in [-0.1, -0.05) is 6.07 Å². The molecular weight excluding hydrogens is 346 g/mol. The van der Waals surface area contributed by atoms with E-state index in [2.05, 4.69) is 15.6 Å². The Labute approximate surface area is 161 Å². The number of carbonyl (C=O) groups excluding carboxylic acids is 2. The molecule has 3 amide bonds. The first-order valence-electron chi connectivity index (χ1n) is 9.29. The van der Waals surface area contributed by atoms with Gasteiger partial charge in [0, 0.05) is 51.5 Å². The van der Waals surface area contributed by atoms with Crippen LogP contribution in [0.4, 0.5) is 15.4 Å². The summed E-state index contributed by atoms with van der Waals surface area (Å²) in [5.41, 5.74) is 0.417. The van der Waals surface area contributed by atoms with Gasteiger partial charge in [-0.15, -0.1) is 0 Å². The number of amides is 3. The van der Waals surface area contributed by atoms with Crippen LogP contribution in [0.3, 0.4) is 0 Å². The minimum atomic E-state index is -0.538. The molecule has 150 valence electrons. The highest BCUT2D eigenvalue weighted by Crippen LogP contribution is 2.15. The average Bonchev–Trinajstić information content (AvgIpc) is 2.58. The fourth-order valence-corrected chi connectivity index (χ4v) is 3.01. The Morgan fingerprint density at radius 1 is 1.37 bits per heavy atom. The van der Waals surface area contributed by atoms with Crippen LogP contribution in [0.2, 0.25) is 0 Å². The van der Waals surface area contributed by atoms with Crippen molar-refractivity contribution in [1.82, 2.24) is 20.5 Å². The van der Waals surface area contributed by atoms with Crippen molar-refractivity contribution in [3.63, 3.8) is 0 Å². The number of nitrogens with zero attached hydrogens (tertiary/aromatic N) is 3. The van der Waals surface area contributed by atoms with E-state index in [4.69, 9.17) is 4.74 Å². The van der Waals surface area contributed by atoms with Crippen LogP contribution in [0.1, 0.15) is 39.2 Å². The normalized spacial score (nSPS) is 17.2. The maximum Gasteiger partial charge on any atom is 0.407 e. The monoisotopic (exact) mass is 377 g/mol. The van der Waals surface area contributed by atoms with E-state index < -0.39 is 11.7 Å².